The van der Waals surface area contributed by atoms with Gasteiger partial charge < -0.3 is 14.7 Å². The highest BCUT2D eigenvalue weighted by Crippen LogP contribution is 2.28. The zero-order chi connectivity index (χ0) is 20.2. The number of aromatic hydroxyl groups is 1. The van der Waals surface area contributed by atoms with E-state index in [1.807, 2.05) is 24.3 Å². The molecule has 2 saturated heterocycles. The predicted octanol–water partition coefficient (Wildman–Crippen LogP) is 3.33. The first-order valence-corrected chi connectivity index (χ1v) is 10.5. The zero-order valence-electron chi connectivity index (χ0n) is 17.1. The van der Waals surface area contributed by atoms with Gasteiger partial charge in [-0.25, -0.2) is 4.39 Å². The van der Waals surface area contributed by atoms with E-state index >= 15 is 0 Å². The number of piperidine rings is 1. The van der Waals surface area contributed by atoms with Crippen molar-refractivity contribution in [3.8, 4) is 11.5 Å². The topological polar surface area (TPSA) is 39.2 Å². The highest BCUT2D eigenvalue weighted by Gasteiger charge is 2.28. The average molecular weight is 400 g/mol. The zero-order valence-corrected chi connectivity index (χ0v) is 17.1. The summed E-state index contributed by atoms with van der Waals surface area (Å²) in [6.45, 7) is 6.68. The van der Waals surface area contributed by atoms with Crippen LogP contribution in [0.15, 0.2) is 42.5 Å². The minimum absolute atomic E-state index is 0.130. The Bertz CT molecular complexity index is 824. The molecule has 0 amide bonds. The van der Waals surface area contributed by atoms with Crippen LogP contribution in [0.1, 0.15) is 18.4 Å². The minimum Gasteiger partial charge on any atom is -0.504 e. The molecule has 1 N–H and O–H groups in total. The Balaban J connectivity index is 1.33. The van der Waals surface area contributed by atoms with Crippen molar-refractivity contribution in [3.63, 3.8) is 0 Å². The van der Waals surface area contributed by atoms with E-state index in [2.05, 4.69) is 14.7 Å². The fourth-order valence-electron chi connectivity index (χ4n) is 4.59. The number of nitrogens with zero attached hydrogens (tertiary/aromatic N) is 3. The first-order valence-electron chi connectivity index (χ1n) is 10.5. The van der Waals surface area contributed by atoms with Crippen LogP contribution in [-0.2, 0) is 6.54 Å². The van der Waals surface area contributed by atoms with Crippen LogP contribution in [0.3, 0.4) is 0 Å². The number of ether oxygens (including phenoxy) is 1. The number of halogens is 1. The van der Waals surface area contributed by atoms with Gasteiger partial charge in [0.1, 0.15) is 5.82 Å². The summed E-state index contributed by atoms with van der Waals surface area (Å²) in [4.78, 5) is 7.22. The summed E-state index contributed by atoms with van der Waals surface area (Å²) in [6, 6.07) is 13.2. The van der Waals surface area contributed by atoms with Crippen LogP contribution in [0.2, 0.25) is 0 Å². The number of piperazine rings is 1. The SMILES string of the molecule is COc1cc(CN2CCC[C@H](N3CCN(c4ccccc4F)CC3)C2)ccc1O. The lowest BCUT2D eigenvalue weighted by molar-refractivity contribution is 0.0886. The third kappa shape index (κ3) is 4.65. The van der Waals surface area contributed by atoms with Gasteiger partial charge in [0.2, 0.25) is 0 Å². The summed E-state index contributed by atoms with van der Waals surface area (Å²) in [7, 11) is 1.58. The van der Waals surface area contributed by atoms with Crippen molar-refractivity contribution in [2.24, 2.45) is 0 Å². The fourth-order valence-corrected chi connectivity index (χ4v) is 4.59. The van der Waals surface area contributed by atoms with Gasteiger partial charge in [0.25, 0.3) is 0 Å². The standard InChI is InChI=1S/C23H30FN3O2/c1-29-23-15-18(8-9-22(23)28)16-25-10-4-5-19(17-25)26-11-13-27(14-12-26)21-7-3-2-6-20(21)24/h2-3,6-9,15,19,28H,4-5,10-14,16-17H2,1H3/t19-/m0/s1. The molecule has 2 heterocycles. The van der Waals surface area contributed by atoms with Gasteiger partial charge in [0.05, 0.1) is 12.8 Å². The number of phenolic OH excluding ortho intramolecular Hbond substituents is 1. The molecule has 2 aromatic rings. The van der Waals surface area contributed by atoms with Gasteiger partial charge in [-0.05, 0) is 49.2 Å². The molecule has 0 spiro atoms. The van der Waals surface area contributed by atoms with Crippen LogP contribution < -0.4 is 9.64 Å². The second kappa shape index (κ2) is 9.01. The molecule has 0 aliphatic carbocycles. The molecule has 0 bridgehead atoms. The molecule has 0 saturated carbocycles. The number of phenols is 1. The van der Waals surface area contributed by atoms with Gasteiger partial charge in [-0.1, -0.05) is 18.2 Å². The van der Waals surface area contributed by atoms with Crippen molar-refractivity contribution < 1.29 is 14.2 Å². The lowest BCUT2D eigenvalue weighted by Crippen LogP contribution is -2.55. The number of benzene rings is 2. The Morgan fingerprint density at radius 2 is 1.86 bits per heavy atom. The highest BCUT2D eigenvalue weighted by molar-refractivity contribution is 5.48. The molecular formula is C23H30FN3O2. The summed E-state index contributed by atoms with van der Waals surface area (Å²) >= 11 is 0. The van der Waals surface area contributed by atoms with Crippen molar-refractivity contribution in [1.29, 1.82) is 0 Å². The van der Waals surface area contributed by atoms with E-state index in [1.54, 1.807) is 25.3 Å². The van der Waals surface area contributed by atoms with Crippen molar-refractivity contribution in [1.82, 2.24) is 9.80 Å². The van der Waals surface area contributed by atoms with Crippen molar-refractivity contribution in [2.75, 3.05) is 51.3 Å². The van der Waals surface area contributed by atoms with Crippen molar-refractivity contribution >= 4 is 5.69 Å². The van der Waals surface area contributed by atoms with Gasteiger partial charge in [-0.3, -0.25) is 9.80 Å². The van der Waals surface area contributed by atoms with Gasteiger partial charge in [-0.2, -0.15) is 0 Å². The first-order chi connectivity index (χ1) is 14.1. The third-order valence-electron chi connectivity index (χ3n) is 6.15. The summed E-state index contributed by atoms with van der Waals surface area (Å²) in [5.41, 5.74) is 1.88. The Morgan fingerprint density at radius 1 is 1.07 bits per heavy atom. The first kappa shape index (κ1) is 20.0. The van der Waals surface area contributed by atoms with Gasteiger partial charge in [0.15, 0.2) is 11.5 Å². The van der Waals surface area contributed by atoms with Gasteiger partial charge in [-0.15, -0.1) is 0 Å². The summed E-state index contributed by atoms with van der Waals surface area (Å²) in [5, 5.41) is 9.80. The maximum Gasteiger partial charge on any atom is 0.160 e. The molecule has 0 aromatic heterocycles. The number of methoxy groups -OCH3 is 1. The number of rotatable bonds is 5. The molecule has 0 unspecified atom stereocenters. The maximum atomic E-state index is 14.1. The molecule has 2 aliphatic heterocycles. The number of likely N-dealkylation sites (tertiary alicyclic amines) is 1. The Labute approximate surface area is 172 Å². The maximum absolute atomic E-state index is 14.1. The van der Waals surface area contributed by atoms with Crippen molar-refractivity contribution in [2.45, 2.75) is 25.4 Å². The number of hydrogen-bond donors (Lipinski definition) is 1. The molecule has 29 heavy (non-hydrogen) atoms. The number of para-hydroxylation sites is 1. The number of hydrogen-bond acceptors (Lipinski definition) is 5. The average Bonchev–Trinajstić information content (AvgIpc) is 2.76. The smallest absolute Gasteiger partial charge is 0.160 e. The second-order valence-corrected chi connectivity index (χ2v) is 8.01. The van der Waals surface area contributed by atoms with Crippen LogP contribution in [0, 0.1) is 5.82 Å². The summed E-state index contributed by atoms with van der Waals surface area (Å²) in [5.74, 6) is 0.579. The largest absolute Gasteiger partial charge is 0.504 e. The Morgan fingerprint density at radius 3 is 2.62 bits per heavy atom. The van der Waals surface area contributed by atoms with Crippen LogP contribution in [-0.4, -0.2) is 67.3 Å². The predicted molar refractivity (Wildman–Crippen MR) is 113 cm³/mol. The van der Waals surface area contributed by atoms with Gasteiger partial charge >= 0.3 is 0 Å². The van der Waals surface area contributed by atoms with E-state index in [1.165, 1.54) is 12.8 Å². The fraction of sp³-hybridized carbons (Fsp3) is 0.478. The van der Waals surface area contributed by atoms with E-state index in [0.717, 1.165) is 57.1 Å². The molecule has 156 valence electrons. The lowest BCUT2D eigenvalue weighted by atomic mass is 10.0. The molecule has 4 rings (SSSR count). The van der Waals surface area contributed by atoms with Crippen LogP contribution >= 0.6 is 0 Å². The van der Waals surface area contributed by atoms with Gasteiger partial charge in [0, 0.05) is 45.3 Å². The molecule has 1 atom stereocenters. The molecule has 2 aromatic carbocycles. The van der Waals surface area contributed by atoms with Crippen LogP contribution in [0.4, 0.5) is 10.1 Å². The molecule has 2 aliphatic rings. The third-order valence-corrected chi connectivity index (χ3v) is 6.15. The molecule has 6 heteroatoms. The summed E-state index contributed by atoms with van der Waals surface area (Å²) in [6.07, 6.45) is 2.41. The lowest BCUT2D eigenvalue weighted by Gasteiger charge is -2.44. The molecule has 0 radical (unpaired) electrons. The van der Waals surface area contributed by atoms with E-state index < -0.39 is 0 Å². The van der Waals surface area contributed by atoms with Crippen LogP contribution in [0.5, 0.6) is 11.5 Å². The number of anilines is 1. The summed E-state index contributed by atoms with van der Waals surface area (Å²) < 4.78 is 19.3. The molecule has 2 fully saturated rings. The molecule has 5 nitrogen and oxygen atoms in total. The second-order valence-electron chi connectivity index (χ2n) is 8.01. The minimum atomic E-state index is -0.130. The van der Waals surface area contributed by atoms with Crippen LogP contribution in [0.25, 0.3) is 0 Å². The molecular weight excluding hydrogens is 369 g/mol. The van der Waals surface area contributed by atoms with E-state index in [-0.39, 0.29) is 11.6 Å². The Hall–Kier alpha value is -2.31. The highest BCUT2D eigenvalue weighted by atomic mass is 19.1. The van der Waals surface area contributed by atoms with E-state index in [9.17, 15) is 9.50 Å². The normalized spacial score (nSPS) is 21.3. The van der Waals surface area contributed by atoms with Crippen molar-refractivity contribution in [3.05, 3.63) is 53.8 Å². The van der Waals surface area contributed by atoms with E-state index in [0.29, 0.717) is 11.8 Å². The quantitative estimate of drug-likeness (QED) is 0.835. The Kier molecular flexibility index (Phi) is 6.21. The van der Waals surface area contributed by atoms with E-state index in [4.69, 9.17) is 4.74 Å². The monoisotopic (exact) mass is 399 g/mol.